The molecule has 0 radical (unpaired) electrons. The maximum absolute atomic E-state index is 10.9. The molecule has 0 unspecified atom stereocenters. The number of hydrogen-bond acceptors (Lipinski definition) is 1. The minimum absolute atomic E-state index is 0.255. The van der Waals surface area contributed by atoms with Crippen LogP contribution in [0, 0.1) is 17.8 Å². The average molecular weight is 431 g/mol. The molecule has 2 aromatic rings. The number of fused-ring (bicyclic) bond motifs is 3. The third-order valence-electron chi connectivity index (χ3n) is 9.12. The predicted molar refractivity (Wildman–Crippen MR) is 135 cm³/mol. The fourth-order valence-corrected chi connectivity index (χ4v) is 7.70. The second kappa shape index (κ2) is 9.24. The Morgan fingerprint density at radius 3 is 2.09 bits per heavy atom. The highest BCUT2D eigenvalue weighted by atomic mass is 16.3. The van der Waals surface area contributed by atoms with Crippen LogP contribution < -0.4 is 0 Å². The van der Waals surface area contributed by atoms with Crippen LogP contribution in [-0.2, 0) is 18.3 Å². The van der Waals surface area contributed by atoms with Crippen LogP contribution in [0.15, 0.2) is 36.4 Å². The summed E-state index contributed by atoms with van der Waals surface area (Å²) in [6, 6.07) is 13.4. The van der Waals surface area contributed by atoms with Gasteiger partial charge in [-0.2, -0.15) is 0 Å². The number of hydrogen-bond donors (Lipinski definition) is 1. The van der Waals surface area contributed by atoms with Crippen molar-refractivity contribution in [1.29, 1.82) is 0 Å². The molecular formula is C31H42O. The second-order valence-electron chi connectivity index (χ2n) is 11.5. The van der Waals surface area contributed by atoms with Crippen molar-refractivity contribution < 1.29 is 5.11 Å². The van der Waals surface area contributed by atoms with Gasteiger partial charge in [0.25, 0.3) is 0 Å². The normalized spacial score (nSPS) is 21.3. The van der Waals surface area contributed by atoms with Crippen molar-refractivity contribution in [3.8, 4) is 16.9 Å². The first-order valence-electron chi connectivity index (χ1n) is 13.5. The number of benzene rings is 2. The molecule has 2 fully saturated rings. The minimum atomic E-state index is 0.255. The molecule has 1 heteroatoms. The summed E-state index contributed by atoms with van der Waals surface area (Å²) in [5, 5.41) is 10.9. The average Bonchev–Trinajstić information content (AvgIpc) is 2.83. The maximum atomic E-state index is 10.9. The molecule has 3 aliphatic carbocycles. The van der Waals surface area contributed by atoms with Crippen LogP contribution in [0.1, 0.15) is 101 Å². The number of phenols is 1. The Morgan fingerprint density at radius 1 is 0.844 bits per heavy atom. The van der Waals surface area contributed by atoms with E-state index in [1.807, 2.05) is 0 Å². The van der Waals surface area contributed by atoms with Gasteiger partial charge in [-0.05, 0) is 103 Å². The highest BCUT2D eigenvalue weighted by Gasteiger charge is 2.51. The van der Waals surface area contributed by atoms with Crippen LogP contribution in [0.25, 0.3) is 11.1 Å². The first-order valence-corrected chi connectivity index (χ1v) is 13.5. The summed E-state index contributed by atoms with van der Waals surface area (Å²) in [5.74, 6) is 2.71. The van der Waals surface area contributed by atoms with Crippen LogP contribution in [0.3, 0.4) is 0 Å². The van der Waals surface area contributed by atoms with Crippen molar-refractivity contribution >= 4 is 0 Å². The molecule has 0 spiro atoms. The van der Waals surface area contributed by atoms with Crippen molar-refractivity contribution in [3.05, 3.63) is 53.1 Å². The summed E-state index contributed by atoms with van der Waals surface area (Å²) in [4.78, 5) is 0. The standard InChI is InChI=1S/C31H42O/c1-22(2)17-18-23-19-27(32)20-29-28-16-10-9-11-24(28)21-31(30(23)29,25-12-5-3-6-13-25)26-14-7-4-8-15-26/h9-11,16,19-20,22,25-26,32H,3-8,12-15,17-18,21H2,1-2H3. The summed E-state index contributed by atoms with van der Waals surface area (Å²) in [6.07, 6.45) is 17.5. The van der Waals surface area contributed by atoms with E-state index in [4.69, 9.17) is 0 Å². The summed E-state index contributed by atoms with van der Waals surface area (Å²) in [6.45, 7) is 4.67. The van der Waals surface area contributed by atoms with Gasteiger partial charge in [0, 0.05) is 5.41 Å². The zero-order valence-electron chi connectivity index (χ0n) is 20.3. The van der Waals surface area contributed by atoms with Gasteiger partial charge in [-0.3, -0.25) is 0 Å². The number of aromatic hydroxyl groups is 1. The van der Waals surface area contributed by atoms with Gasteiger partial charge >= 0.3 is 0 Å². The van der Waals surface area contributed by atoms with E-state index in [1.165, 1.54) is 99.3 Å². The molecule has 0 heterocycles. The number of rotatable bonds is 5. The zero-order valence-corrected chi connectivity index (χ0v) is 20.3. The van der Waals surface area contributed by atoms with Gasteiger partial charge in [0.05, 0.1) is 0 Å². The van der Waals surface area contributed by atoms with Gasteiger partial charge in [-0.1, -0.05) is 76.6 Å². The molecule has 2 saturated carbocycles. The van der Waals surface area contributed by atoms with Crippen LogP contribution in [0.2, 0.25) is 0 Å². The molecule has 172 valence electrons. The Balaban J connectivity index is 1.75. The van der Waals surface area contributed by atoms with Crippen molar-refractivity contribution in [1.82, 2.24) is 0 Å². The van der Waals surface area contributed by atoms with Gasteiger partial charge in [-0.25, -0.2) is 0 Å². The summed E-state index contributed by atoms with van der Waals surface area (Å²) in [7, 11) is 0. The van der Waals surface area contributed by atoms with Crippen LogP contribution in [-0.4, -0.2) is 5.11 Å². The smallest absolute Gasteiger partial charge is 0.116 e. The lowest BCUT2D eigenvalue weighted by Gasteiger charge is -2.53. The molecule has 2 aromatic carbocycles. The van der Waals surface area contributed by atoms with Crippen LogP contribution in [0.5, 0.6) is 5.75 Å². The first kappa shape index (κ1) is 22.1. The molecule has 5 rings (SSSR count). The highest BCUT2D eigenvalue weighted by molar-refractivity contribution is 5.78. The Bertz CT molecular complexity index is 909. The largest absolute Gasteiger partial charge is 0.508 e. The first-order chi connectivity index (χ1) is 15.6. The Hall–Kier alpha value is -1.76. The number of aryl methyl sites for hydroxylation is 1. The lowest BCUT2D eigenvalue weighted by Crippen LogP contribution is -2.48. The van der Waals surface area contributed by atoms with E-state index in [-0.39, 0.29) is 5.41 Å². The molecule has 0 aromatic heterocycles. The minimum Gasteiger partial charge on any atom is -0.508 e. The Morgan fingerprint density at radius 2 is 1.47 bits per heavy atom. The van der Waals surface area contributed by atoms with E-state index in [0.717, 1.165) is 18.3 Å². The second-order valence-corrected chi connectivity index (χ2v) is 11.5. The molecule has 0 atom stereocenters. The van der Waals surface area contributed by atoms with Gasteiger partial charge in [0.15, 0.2) is 0 Å². The molecule has 0 amide bonds. The van der Waals surface area contributed by atoms with E-state index in [0.29, 0.717) is 11.7 Å². The maximum Gasteiger partial charge on any atom is 0.116 e. The van der Waals surface area contributed by atoms with Gasteiger partial charge in [0.2, 0.25) is 0 Å². The van der Waals surface area contributed by atoms with Crippen LogP contribution >= 0.6 is 0 Å². The molecule has 0 aliphatic heterocycles. The molecule has 1 N–H and O–H groups in total. The Labute approximate surface area is 195 Å². The van der Waals surface area contributed by atoms with Gasteiger partial charge in [-0.15, -0.1) is 0 Å². The van der Waals surface area contributed by atoms with Gasteiger partial charge < -0.3 is 5.11 Å². The van der Waals surface area contributed by atoms with Crippen molar-refractivity contribution in [3.63, 3.8) is 0 Å². The van der Waals surface area contributed by atoms with E-state index < -0.39 is 0 Å². The molecular weight excluding hydrogens is 388 g/mol. The predicted octanol–water partition coefficient (Wildman–Crippen LogP) is 8.60. The lowest BCUT2D eigenvalue weighted by atomic mass is 9.50. The third-order valence-corrected chi connectivity index (χ3v) is 9.12. The summed E-state index contributed by atoms with van der Waals surface area (Å²) < 4.78 is 0. The summed E-state index contributed by atoms with van der Waals surface area (Å²) >= 11 is 0. The molecule has 0 saturated heterocycles. The van der Waals surface area contributed by atoms with Crippen molar-refractivity contribution in [2.24, 2.45) is 17.8 Å². The monoisotopic (exact) mass is 430 g/mol. The van der Waals surface area contributed by atoms with E-state index in [2.05, 4.69) is 50.2 Å². The SMILES string of the molecule is CC(C)CCc1cc(O)cc2c1C(C1CCCCC1)(C1CCCCC1)Cc1ccccc1-2. The quantitative estimate of drug-likeness (QED) is 0.503. The van der Waals surface area contributed by atoms with E-state index in [9.17, 15) is 5.11 Å². The fraction of sp³-hybridized carbons (Fsp3) is 0.613. The van der Waals surface area contributed by atoms with Gasteiger partial charge in [0.1, 0.15) is 5.75 Å². The van der Waals surface area contributed by atoms with Crippen LogP contribution in [0.4, 0.5) is 0 Å². The zero-order chi connectivity index (χ0) is 22.1. The van der Waals surface area contributed by atoms with Crippen molar-refractivity contribution in [2.45, 2.75) is 103 Å². The fourth-order valence-electron chi connectivity index (χ4n) is 7.70. The lowest BCUT2D eigenvalue weighted by molar-refractivity contribution is 0.0961. The molecule has 32 heavy (non-hydrogen) atoms. The van der Waals surface area contributed by atoms with Crippen molar-refractivity contribution in [2.75, 3.05) is 0 Å². The molecule has 0 bridgehead atoms. The third kappa shape index (κ3) is 3.91. The Kier molecular flexibility index (Phi) is 6.37. The highest BCUT2D eigenvalue weighted by Crippen LogP contribution is 2.58. The topological polar surface area (TPSA) is 20.2 Å². The molecule has 1 nitrogen and oxygen atoms in total. The summed E-state index contributed by atoms with van der Waals surface area (Å²) in [5.41, 5.74) is 7.64. The molecule has 3 aliphatic rings. The van der Waals surface area contributed by atoms with E-state index >= 15 is 0 Å². The van der Waals surface area contributed by atoms with E-state index in [1.54, 1.807) is 5.56 Å². The number of phenolic OH excluding ortho intramolecular Hbond substituents is 1.